The summed E-state index contributed by atoms with van der Waals surface area (Å²) in [4.78, 5) is 19.6. The molecular formula is C17H20N6O. The second-order valence-corrected chi connectivity index (χ2v) is 6.34. The van der Waals surface area contributed by atoms with Crippen molar-refractivity contribution < 1.29 is 4.79 Å². The molecule has 0 spiro atoms. The minimum absolute atomic E-state index is 0.00468. The number of rotatable bonds is 2. The molecule has 0 unspecified atom stereocenters. The summed E-state index contributed by atoms with van der Waals surface area (Å²) >= 11 is 0. The number of nitrogens with zero attached hydrogens (tertiary/aromatic N) is 6. The lowest BCUT2D eigenvalue weighted by Gasteiger charge is -2.35. The Morgan fingerprint density at radius 1 is 1.29 bits per heavy atom. The molecule has 3 aromatic rings. The monoisotopic (exact) mass is 324 g/mol. The van der Waals surface area contributed by atoms with Crippen molar-refractivity contribution in [2.24, 2.45) is 7.05 Å². The molecule has 1 atom stereocenters. The van der Waals surface area contributed by atoms with Gasteiger partial charge in [-0.05, 0) is 32.3 Å². The van der Waals surface area contributed by atoms with Gasteiger partial charge in [-0.25, -0.2) is 9.50 Å². The molecule has 0 aromatic carbocycles. The first-order chi connectivity index (χ1) is 11.6. The highest BCUT2D eigenvalue weighted by atomic mass is 16.2. The van der Waals surface area contributed by atoms with Gasteiger partial charge in [-0.15, -0.1) is 0 Å². The van der Waals surface area contributed by atoms with Gasteiger partial charge >= 0.3 is 0 Å². The van der Waals surface area contributed by atoms with Crippen molar-refractivity contribution in [2.45, 2.75) is 32.2 Å². The molecule has 0 radical (unpaired) electrons. The van der Waals surface area contributed by atoms with Crippen LogP contribution in [0.4, 0.5) is 0 Å². The number of fused-ring (bicyclic) bond motifs is 1. The van der Waals surface area contributed by atoms with Crippen LogP contribution in [0.1, 0.15) is 47.1 Å². The first-order valence-electron chi connectivity index (χ1n) is 8.24. The number of carbonyl (C=O) groups excluding carboxylic acids is 1. The largest absolute Gasteiger partial charge is 0.330 e. The summed E-state index contributed by atoms with van der Waals surface area (Å²) in [6, 6.07) is 3.94. The van der Waals surface area contributed by atoms with E-state index < -0.39 is 0 Å². The summed E-state index contributed by atoms with van der Waals surface area (Å²) < 4.78 is 3.48. The Bertz CT molecular complexity index is 896. The van der Waals surface area contributed by atoms with E-state index in [-0.39, 0.29) is 11.9 Å². The molecule has 0 aliphatic carbocycles. The zero-order chi connectivity index (χ0) is 16.7. The van der Waals surface area contributed by atoms with E-state index in [1.54, 1.807) is 23.3 Å². The van der Waals surface area contributed by atoms with Gasteiger partial charge in [0.15, 0.2) is 5.65 Å². The summed E-state index contributed by atoms with van der Waals surface area (Å²) in [5.74, 6) is 0.0284. The van der Waals surface area contributed by atoms with E-state index in [2.05, 4.69) is 10.2 Å². The molecule has 4 rings (SSSR count). The molecule has 1 aliphatic rings. The molecule has 0 N–H and O–H groups in total. The molecule has 1 aliphatic heterocycles. The van der Waals surface area contributed by atoms with E-state index in [1.165, 1.54) is 0 Å². The lowest BCUT2D eigenvalue weighted by Crippen LogP contribution is -2.38. The Hall–Kier alpha value is -2.70. The first-order valence-corrected chi connectivity index (χ1v) is 8.24. The summed E-state index contributed by atoms with van der Waals surface area (Å²) in [5, 5.41) is 8.39. The van der Waals surface area contributed by atoms with Crippen LogP contribution in [0, 0.1) is 6.92 Å². The van der Waals surface area contributed by atoms with Crippen LogP contribution in [0.5, 0.6) is 0 Å². The van der Waals surface area contributed by atoms with Gasteiger partial charge < -0.3 is 4.90 Å². The number of aryl methyl sites for hydroxylation is 2. The summed E-state index contributed by atoms with van der Waals surface area (Å²) in [7, 11) is 1.82. The maximum absolute atomic E-state index is 12.9. The summed E-state index contributed by atoms with van der Waals surface area (Å²) in [6.07, 6.45) is 8.21. The summed E-state index contributed by atoms with van der Waals surface area (Å²) in [5.41, 5.74) is 3.42. The topological polar surface area (TPSA) is 68.3 Å². The van der Waals surface area contributed by atoms with Gasteiger partial charge in [0.1, 0.15) is 0 Å². The average Bonchev–Trinajstić information content (AvgIpc) is 3.23. The SMILES string of the molecule is Cc1cc([C@@H]2CCCCN2C(=O)c2cnn(C)c2)nc2ccnn12. The number of aromatic nitrogens is 5. The van der Waals surface area contributed by atoms with E-state index in [1.807, 2.05) is 35.5 Å². The second kappa shape index (κ2) is 5.74. The Morgan fingerprint density at radius 2 is 2.17 bits per heavy atom. The van der Waals surface area contributed by atoms with Gasteiger partial charge in [-0.3, -0.25) is 9.48 Å². The smallest absolute Gasteiger partial charge is 0.257 e. The lowest BCUT2D eigenvalue weighted by atomic mass is 9.98. The summed E-state index contributed by atoms with van der Waals surface area (Å²) in [6.45, 7) is 2.77. The van der Waals surface area contributed by atoms with Crippen molar-refractivity contribution in [1.29, 1.82) is 0 Å². The normalized spacial score (nSPS) is 18.2. The van der Waals surface area contributed by atoms with Crippen LogP contribution in [0.25, 0.3) is 5.65 Å². The molecule has 124 valence electrons. The molecule has 1 fully saturated rings. The van der Waals surface area contributed by atoms with E-state index >= 15 is 0 Å². The molecule has 24 heavy (non-hydrogen) atoms. The lowest BCUT2D eigenvalue weighted by molar-refractivity contribution is 0.0606. The molecule has 7 heteroatoms. The number of amides is 1. The fraction of sp³-hybridized carbons (Fsp3) is 0.412. The van der Waals surface area contributed by atoms with E-state index in [4.69, 9.17) is 4.98 Å². The number of piperidine rings is 1. The van der Waals surface area contributed by atoms with Crippen LogP contribution in [0.15, 0.2) is 30.7 Å². The van der Waals surface area contributed by atoms with Crippen molar-refractivity contribution in [2.75, 3.05) is 6.54 Å². The third-order valence-electron chi connectivity index (χ3n) is 4.61. The maximum Gasteiger partial charge on any atom is 0.257 e. The minimum atomic E-state index is 0.00468. The van der Waals surface area contributed by atoms with Gasteiger partial charge in [-0.1, -0.05) is 0 Å². The van der Waals surface area contributed by atoms with Gasteiger partial charge in [0, 0.05) is 31.5 Å². The fourth-order valence-corrected chi connectivity index (χ4v) is 3.44. The van der Waals surface area contributed by atoms with Crippen LogP contribution < -0.4 is 0 Å². The predicted octanol–water partition coefficient (Wildman–Crippen LogP) is 2.14. The van der Waals surface area contributed by atoms with Crippen LogP contribution in [-0.2, 0) is 7.05 Å². The molecule has 1 saturated heterocycles. The van der Waals surface area contributed by atoms with Crippen molar-refractivity contribution >= 4 is 11.6 Å². The Morgan fingerprint density at radius 3 is 2.96 bits per heavy atom. The van der Waals surface area contributed by atoms with Gasteiger partial charge in [0.05, 0.1) is 29.7 Å². The quantitative estimate of drug-likeness (QED) is 0.724. The Kier molecular flexibility index (Phi) is 3.55. The molecule has 4 heterocycles. The highest BCUT2D eigenvalue weighted by molar-refractivity contribution is 5.94. The highest BCUT2D eigenvalue weighted by Gasteiger charge is 2.30. The molecule has 3 aromatic heterocycles. The number of hydrogen-bond donors (Lipinski definition) is 0. The van der Waals surface area contributed by atoms with E-state index in [9.17, 15) is 4.79 Å². The van der Waals surface area contributed by atoms with Crippen LogP contribution >= 0.6 is 0 Å². The Labute approximate surface area is 139 Å². The standard InChI is InChI=1S/C17H20N6O/c1-12-9-14(20-16-6-7-18-23(12)16)15-5-3-4-8-22(15)17(24)13-10-19-21(2)11-13/h6-7,9-11,15H,3-5,8H2,1-2H3/t15-/m0/s1. The average molecular weight is 324 g/mol. The number of carbonyl (C=O) groups is 1. The van der Waals surface area contributed by atoms with Crippen LogP contribution in [0.2, 0.25) is 0 Å². The third kappa shape index (κ3) is 2.46. The van der Waals surface area contributed by atoms with Gasteiger partial charge in [0.2, 0.25) is 0 Å². The first kappa shape index (κ1) is 14.9. The van der Waals surface area contributed by atoms with Crippen molar-refractivity contribution in [3.8, 4) is 0 Å². The van der Waals surface area contributed by atoms with Crippen molar-refractivity contribution in [3.05, 3.63) is 47.7 Å². The highest BCUT2D eigenvalue weighted by Crippen LogP contribution is 2.31. The molecule has 0 saturated carbocycles. The zero-order valence-electron chi connectivity index (χ0n) is 13.9. The van der Waals surface area contributed by atoms with Crippen molar-refractivity contribution in [3.63, 3.8) is 0 Å². The van der Waals surface area contributed by atoms with Gasteiger partial charge in [-0.2, -0.15) is 10.2 Å². The van der Waals surface area contributed by atoms with Crippen LogP contribution in [-0.4, -0.2) is 41.7 Å². The molecular weight excluding hydrogens is 304 g/mol. The minimum Gasteiger partial charge on any atom is -0.330 e. The molecule has 0 bridgehead atoms. The fourth-order valence-electron chi connectivity index (χ4n) is 3.44. The second-order valence-electron chi connectivity index (χ2n) is 6.34. The Balaban J connectivity index is 1.71. The van der Waals surface area contributed by atoms with Crippen molar-refractivity contribution in [1.82, 2.24) is 29.3 Å². The van der Waals surface area contributed by atoms with E-state index in [0.29, 0.717) is 5.56 Å². The number of likely N-dealkylation sites (tertiary alicyclic amines) is 1. The van der Waals surface area contributed by atoms with Crippen LogP contribution in [0.3, 0.4) is 0 Å². The maximum atomic E-state index is 12.9. The predicted molar refractivity (Wildman–Crippen MR) is 88.6 cm³/mol. The zero-order valence-corrected chi connectivity index (χ0v) is 13.9. The molecule has 1 amide bonds. The number of hydrogen-bond acceptors (Lipinski definition) is 4. The third-order valence-corrected chi connectivity index (χ3v) is 4.61. The van der Waals surface area contributed by atoms with Gasteiger partial charge in [0.25, 0.3) is 5.91 Å². The molecule has 7 nitrogen and oxygen atoms in total. The van der Waals surface area contributed by atoms with E-state index in [0.717, 1.165) is 42.8 Å².